The number of primary amides is 1. The van der Waals surface area contributed by atoms with Gasteiger partial charge in [0, 0.05) is 18.2 Å². The minimum Gasteiger partial charge on any atom is -0.508 e. The van der Waals surface area contributed by atoms with E-state index in [9.17, 15) is 51.5 Å². The van der Waals surface area contributed by atoms with Crippen LogP contribution in [0.2, 0.25) is 0 Å². The number of halogens is 1. The minimum atomic E-state index is -5.27. The summed E-state index contributed by atoms with van der Waals surface area (Å²) in [4.78, 5) is 61.7. The smallest absolute Gasteiger partial charge is 0.342 e. The number of aromatic hydroxyl groups is 1. The van der Waals surface area contributed by atoms with Gasteiger partial charge in [-0.3, -0.25) is 19.0 Å². The lowest BCUT2D eigenvalue weighted by Crippen LogP contribution is -2.68. The number of phenols is 1. The maximum Gasteiger partial charge on any atom is 0.342 e. The summed E-state index contributed by atoms with van der Waals surface area (Å²) in [6.07, 6.45) is 2.05. The average Bonchev–Trinajstić information content (AvgIpc) is 3.42. The molecule has 41 heavy (non-hydrogen) atoms. The van der Waals surface area contributed by atoms with Gasteiger partial charge in [-0.05, 0) is 6.07 Å². The number of nitrogens with zero attached hydrogens (tertiary/aromatic N) is 5. The van der Waals surface area contributed by atoms with Crippen molar-refractivity contribution >= 4 is 64.2 Å². The predicted octanol–water partition coefficient (Wildman–Crippen LogP) is -1.98. The van der Waals surface area contributed by atoms with Gasteiger partial charge in [0.1, 0.15) is 23.0 Å². The molecule has 6 amide bonds. The lowest BCUT2D eigenvalue weighted by atomic mass is 10.0. The predicted molar refractivity (Wildman–Crippen MR) is 136 cm³/mol. The fraction of sp³-hybridized carbons (Fsp3) is 0.350. The monoisotopic (exact) mass is 616 g/mol. The van der Waals surface area contributed by atoms with E-state index in [-0.39, 0.29) is 13.1 Å². The number of carbonyl (C=O) groups excluding carboxylic acids is 4. The number of benzene rings is 1. The molecule has 18 nitrogen and oxygen atoms in total. The van der Waals surface area contributed by atoms with E-state index in [1.807, 2.05) is 5.43 Å². The van der Waals surface area contributed by atoms with Gasteiger partial charge in [-0.25, -0.2) is 29.2 Å². The molecule has 3 fully saturated rings. The highest BCUT2D eigenvalue weighted by Crippen LogP contribution is 2.49. The number of aliphatic carboxylic acids is 1. The minimum absolute atomic E-state index is 0.0466. The molecule has 1 aromatic rings. The second-order valence-electron chi connectivity index (χ2n) is 8.73. The van der Waals surface area contributed by atoms with Crippen LogP contribution in [0.3, 0.4) is 0 Å². The number of hydrogen-bond donors (Lipinski definition) is 6. The zero-order valence-corrected chi connectivity index (χ0v) is 22.1. The Morgan fingerprint density at radius 3 is 2.56 bits per heavy atom. The fourth-order valence-corrected chi connectivity index (χ4v) is 6.90. The first kappa shape index (κ1) is 29.5. The molecule has 7 N–H and O–H groups in total. The van der Waals surface area contributed by atoms with Crippen LogP contribution in [-0.4, -0.2) is 116 Å². The number of carboxylic acid groups (broad SMARTS) is 1. The van der Waals surface area contributed by atoms with E-state index in [1.165, 1.54) is 0 Å². The van der Waals surface area contributed by atoms with Crippen molar-refractivity contribution in [2.75, 3.05) is 19.6 Å². The molecule has 0 saturated carbocycles. The van der Waals surface area contributed by atoms with E-state index in [2.05, 4.69) is 15.5 Å². The average molecular weight is 617 g/mol. The first-order chi connectivity index (χ1) is 19.2. The topological polar surface area (TPSA) is 265 Å². The second kappa shape index (κ2) is 10.8. The largest absolute Gasteiger partial charge is 0.508 e. The first-order valence-electron chi connectivity index (χ1n) is 11.3. The standard InChI is InChI=1S/C20H21FN8O10S2/c21-11-7-9(30)1-2-10(11)13(41(37,38)39)14(31)25-12-15(32)27-8-20(17(33)34,40-16(12)27)28-5-6-29(19(28)36)24-4-3-23-26-18(22)35/h1-4,7,12-13,16,30H,5-6,8H2,(H,25,31)(H,33,34)(H3,22,26,35)(H,37,38,39)/b23-3+,24-4+/t12-,13-,16-,20-/m1/s1. The summed E-state index contributed by atoms with van der Waals surface area (Å²) < 4.78 is 47.9. The number of nitrogens with one attached hydrogen (secondary N) is 2. The van der Waals surface area contributed by atoms with Crippen LogP contribution in [0.5, 0.6) is 5.75 Å². The molecule has 4 rings (SSSR count). The molecule has 4 atom stereocenters. The SMILES string of the molecule is NC(=O)N/N=C/C=N/N1CCN([C@]2(C(=O)O)CN3C(=O)[C@@H](NC(=O)[C@@H](c4ccc(O)cc4F)S(=O)(=O)O)[C@H]3S2)C1=O. The lowest BCUT2D eigenvalue weighted by molar-refractivity contribution is -0.151. The molecule has 0 bridgehead atoms. The maximum absolute atomic E-state index is 14.4. The zero-order valence-electron chi connectivity index (χ0n) is 20.4. The normalized spacial score (nSPS) is 25.0. The van der Waals surface area contributed by atoms with Gasteiger partial charge in [-0.15, -0.1) is 0 Å². The number of amides is 6. The number of urea groups is 2. The van der Waals surface area contributed by atoms with Crippen LogP contribution in [0.15, 0.2) is 28.4 Å². The van der Waals surface area contributed by atoms with Crippen LogP contribution in [0.25, 0.3) is 0 Å². The molecule has 0 unspecified atom stereocenters. The number of nitrogens with two attached hydrogens (primary N) is 1. The van der Waals surface area contributed by atoms with Crippen molar-refractivity contribution in [3.8, 4) is 5.75 Å². The molecule has 3 saturated heterocycles. The molecule has 21 heteroatoms. The Morgan fingerprint density at radius 2 is 1.95 bits per heavy atom. The zero-order chi connectivity index (χ0) is 30.3. The highest BCUT2D eigenvalue weighted by Gasteiger charge is 2.66. The molecule has 0 spiro atoms. The molecular formula is C20H21FN8O10S2. The van der Waals surface area contributed by atoms with Crippen LogP contribution in [-0.2, 0) is 24.5 Å². The van der Waals surface area contributed by atoms with Gasteiger partial charge in [-0.2, -0.15) is 18.6 Å². The number of carbonyl (C=O) groups is 5. The molecule has 3 heterocycles. The van der Waals surface area contributed by atoms with Crippen molar-refractivity contribution in [1.29, 1.82) is 0 Å². The first-order valence-corrected chi connectivity index (χ1v) is 13.7. The molecule has 0 radical (unpaired) electrons. The van der Waals surface area contributed by atoms with Crippen LogP contribution in [0, 0.1) is 5.82 Å². The lowest BCUT2D eigenvalue weighted by Gasteiger charge is -2.41. The van der Waals surface area contributed by atoms with E-state index in [0.717, 1.165) is 39.4 Å². The van der Waals surface area contributed by atoms with Crippen molar-refractivity contribution in [2.24, 2.45) is 15.9 Å². The Bertz CT molecular complexity index is 1490. The summed E-state index contributed by atoms with van der Waals surface area (Å²) in [5.74, 6) is -5.66. The molecule has 220 valence electrons. The number of hydrogen-bond acceptors (Lipinski definition) is 11. The molecule has 1 aromatic carbocycles. The Balaban J connectivity index is 1.51. The van der Waals surface area contributed by atoms with Crippen molar-refractivity contribution in [1.82, 2.24) is 25.6 Å². The molecule has 0 aromatic heterocycles. The van der Waals surface area contributed by atoms with Crippen LogP contribution in [0.4, 0.5) is 14.0 Å². The number of phenolic OH excluding ortho intramolecular Hbond substituents is 1. The molecule has 0 aliphatic carbocycles. The van der Waals surface area contributed by atoms with Gasteiger partial charge in [0.05, 0.1) is 25.5 Å². The Kier molecular flexibility index (Phi) is 7.78. The van der Waals surface area contributed by atoms with Crippen molar-refractivity contribution in [2.45, 2.75) is 21.5 Å². The van der Waals surface area contributed by atoms with Crippen LogP contribution in [0.1, 0.15) is 10.8 Å². The highest BCUT2D eigenvalue weighted by molar-refractivity contribution is 8.02. The van der Waals surface area contributed by atoms with Gasteiger partial charge >= 0.3 is 18.0 Å². The molecular weight excluding hydrogens is 595 g/mol. The number of carboxylic acids is 1. The number of thioether (sulfide) groups is 1. The quantitative estimate of drug-likeness (QED) is 0.0766. The van der Waals surface area contributed by atoms with Gasteiger partial charge in [0.15, 0.2) is 5.25 Å². The summed E-state index contributed by atoms with van der Waals surface area (Å²) in [6.45, 7) is -0.650. The third kappa shape index (κ3) is 5.45. The van der Waals surface area contributed by atoms with E-state index in [0.29, 0.717) is 17.8 Å². The van der Waals surface area contributed by atoms with Crippen molar-refractivity contribution in [3.63, 3.8) is 0 Å². The number of β-lactam (4-membered cyclic amide) rings is 1. The van der Waals surface area contributed by atoms with Crippen molar-refractivity contribution < 1.29 is 51.5 Å². The summed E-state index contributed by atoms with van der Waals surface area (Å²) in [5, 5.41) is 26.2. The highest BCUT2D eigenvalue weighted by atomic mass is 32.2. The summed E-state index contributed by atoms with van der Waals surface area (Å²) in [7, 11) is -5.27. The maximum atomic E-state index is 14.4. The molecule has 3 aliphatic rings. The van der Waals surface area contributed by atoms with Gasteiger partial charge in [0.2, 0.25) is 16.7 Å². The van der Waals surface area contributed by atoms with Gasteiger partial charge in [0.25, 0.3) is 10.1 Å². The Labute approximate surface area is 233 Å². The number of fused-ring (bicyclic) bond motifs is 1. The number of hydrazone groups is 2. The van der Waals surface area contributed by atoms with E-state index >= 15 is 0 Å². The van der Waals surface area contributed by atoms with Gasteiger partial charge < -0.3 is 26.2 Å². The second-order valence-corrected chi connectivity index (χ2v) is 11.6. The van der Waals surface area contributed by atoms with E-state index < -0.39 is 85.2 Å². The third-order valence-corrected chi connectivity index (χ3v) is 8.97. The summed E-state index contributed by atoms with van der Waals surface area (Å²) in [5.41, 5.74) is 5.95. The van der Waals surface area contributed by atoms with Crippen molar-refractivity contribution in [3.05, 3.63) is 29.6 Å². The number of rotatable bonds is 9. The van der Waals surface area contributed by atoms with E-state index in [4.69, 9.17) is 5.73 Å². The fourth-order valence-electron chi connectivity index (χ4n) is 4.41. The summed E-state index contributed by atoms with van der Waals surface area (Å²) in [6, 6.07) is -1.06. The van der Waals surface area contributed by atoms with Gasteiger partial charge in [-0.1, -0.05) is 17.8 Å². The summed E-state index contributed by atoms with van der Waals surface area (Å²) >= 11 is 0.639. The molecule has 3 aliphatic heterocycles. The Morgan fingerprint density at radius 1 is 1.24 bits per heavy atom. The third-order valence-electron chi connectivity index (χ3n) is 6.22. The Hall–Kier alpha value is -4.50. The van der Waals surface area contributed by atoms with Crippen LogP contribution < -0.4 is 16.5 Å². The van der Waals surface area contributed by atoms with Crippen LogP contribution >= 0.6 is 11.8 Å². The van der Waals surface area contributed by atoms with E-state index in [1.54, 1.807) is 0 Å².